The Labute approximate surface area is 124 Å². The lowest BCUT2D eigenvalue weighted by Crippen LogP contribution is -2.16. The summed E-state index contributed by atoms with van der Waals surface area (Å²) in [5, 5.41) is 10.5. The maximum atomic E-state index is 10.5. The van der Waals surface area contributed by atoms with Crippen LogP contribution >= 0.6 is 15.9 Å². The third kappa shape index (κ3) is 2.32. The van der Waals surface area contributed by atoms with Crippen molar-refractivity contribution in [3.8, 4) is 11.5 Å². The minimum Gasteiger partial charge on any atom is -0.486 e. The van der Waals surface area contributed by atoms with Gasteiger partial charge >= 0.3 is 0 Å². The zero-order chi connectivity index (χ0) is 14.1. The van der Waals surface area contributed by atoms with Crippen LogP contribution in [0.5, 0.6) is 11.5 Å². The lowest BCUT2D eigenvalue weighted by atomic mass is 10.0. The second-order valence-electron chi connectivity index (χ2n) is 4.43. The number of ether oxygens (including phenoxy) is 2. The Kier molecular flexibility index (Phi) is 3.50. The summed E-state index contributed by atoms with van der Waals surface area (Å²) >= 11 is 3.43. The number of halogens is 1. The number of aliphatic hydroxyl groups excluding tert-OH is 1. The van der Waals surface area contributed by atoms with Crippen LogP contribution in [-0.4, -0.2) is 23.3 Å². The topological polar surface area (TPSA) is 77.6 Å². The summed E-state index contributed by atoms with van der Waals surface area (Å²) < 4.78 is 11.8. The van der Waals surface area contributed by atoms with Crippen molar-refractivity contribution >= 4 is 21.6 Å². The molecule has 20 heavy (non-hydrogen) atoms. The maximum Gasteiger partial charge on any atom is 0.175 e. The highest BCUT2D eigenvalue weighted by Gasteiger charge is 2.21. The van der Waals surface area contributed by atoms with Crippen molar-refractivity contribution in [3.63, 3.8) is 0 Å². The zero-order valence-electron chi connectivity index (χ0n) is 10.5. The lowest BCUT2D eigenvalue weighted by Gasteiger charge is -2.22. The molecule has 1 aromatic heterocycles. The van der Waals surface area contributed by atoms with E-state index < -0.39 is 6.10 Å². The fraction of sp³-hybridized carbons (Fsp3) is 0.214. The molecule has 0 amide bonds. The van der Waals surface area contributed by atoms with Gasteiger partial charge in [-0.1, -0.05) is 0 Å². The van der Waals surface area contributed by atoms with Crippen LogP contribution in [0.2, 0.25) is 0 Å². The van der Waals surface area contributed by atoms with Gasteiger partial charge in [0.2, 0.25) is 0 Å². The van der Waals surface area contributed by atoms with E-state index in [9.17, 15) is 5.11 Å². The average molecular weight is 337 g/mol. The fourth-order valence-corrected chi connectivity index (χ4v) is 2.69. The number of nitrogens with zero attached hydrogens (tertiary/aromatic N) is 1. The summed E-state index contributed by atoms with van der Waals surface area (Å²) in [6.45, 7) is 1.01. The van der Waals surface area contributed by atoms with Gasteiger partial charge in [0.1, 0.15) is 19.3 Å². The number of anilines is 1. The van der Waals surface area contributed by atoms with Gasteiger partial charge in [-0.2, -0.15) is 0 Å². The van der Waals surface area contributed by atoms with Crippen LogP contribution in [0, 0.1) is 0 Å². The molecule has 2 heterocycles. The number of rotatable bonds is 2. The first-order chi connectivity index (χ1) is 9.66. The highest BCUT2D eigenvalue weighted by atomic mass is 79.9. The molecule has 0 bridgehead atoms. The van der Waals surface area contributed by atoms with E-state index in [1.807, 2.05) is 0 Å². The van der Waals surface area contributed by atoms with Gasteiger partial charge in [0.15, 0.2) is 11.5 Å². The first-order valence-electron chi connectivity index (χ1n) is 6.13. The largest absolute Gasteiger partial charge is 0.486 e. The van der Waals surface area contributed by atoms with Crippen molar-refractivity contribution in [2.45, 2.75) is 6.10 Å². The Morgan fingerprint density at radius 2 is 2.10 bits per heavy atom. The van der Waals surface area contributed by atoms with Crippen LogP contribution in [-0.2, 0) is 0 Å². The van der Waals surface area contributed by atoms with Crippen molar-refractivity contribution < 1.29 is 14.6 Å². The van der Waals surface area contributed by atoms with E-state index in [-0.39, 0.29) is 0 Å². The van der Waals surface area contributed by atoms with Gasteiger partial charge in [-0.15, -0.1) is 0 Å². The van der Waals surface area contributed by atoms with E-state index in [1.165, 1.54) is 0 Å². The minimum absolute atomic E-state index is 0.494. The quantitative estimate of drug-likeness (QED) is 0.879. The first kappa shape index (κ1) is 13.2. The molecule has 0 fully saturated rings. The van der Waals surface area contributed by atoms with Crippen LogP contribution in [0.4, 0.5) is 5.69 Å². The van der Waals surface area contributed by atoms with Gasteiger partial charge in [-0.05, 0) is 39.7 Å². The number of pyridine rings is 1. The number of fused-ring (bicyclic) bond motifs is 1. The maximum absolute atomic E-state index is 10.5. The van der Waals surface area contributed by atoms with Gasteiger partial charge in [0.05, 0.1) is 4.47 Å². The Bertz CT molecular complexity index is 648. The molecule has 104 valence electrons. The van der Waals surface area contributed by atoms with Crippen LogP contribution in [0.1, 0.15) is 17.2 Å². The number of nitrogen functional groups attached to an aromatic ring is 1. The highest BCUT2D eigenvalue weighted by molar-refractivity contribution is 9.10. The molecule has 2 aromatic rings. The summed E-state index contributed by atoms with van der Waals surface area (Å²) in [6.07, 6.45) is 2.28. The Morgan fingerprint density at radius 3 is 2.90 bits per heavy atom. The molecule has 0 saturated heterocycles. The van der Waals surface area contributed by atoms with Crippen LogP contribution in [0.15, 0.2) is 35.1 Å². The molecule has 3 rings (SSSR count). The first-order valence-corrected chi connectivity index (χ1v) is 6.92. The number of aromatic nitrogens is 1. The molecule has 0 radical (unpaired) electrons. The lowest BCUT2D eigenvalue weighted by molar-refractivity contribution is 0.168. The van der Waals surface area contributed by atoms with Crippen molar-refractivity contribution in [2.75, 3.05) is 18.9 Å². The molecule has 1 atom stereocenters. The minimum atomic E-state index is -0.865. The van der Waals surface area contributed by atoms with Crippen molar-refractivity contribution in [2.24, 2.45) is 0 Å². The number of nitrogens with two attached hydrogens (primary N) is 1. The second-order valence-corrected chi connectivity index (χ2v) is 5.29. The molecule has 1 aliphatic rings. The molecular formula is C14H13BrN2O3. The Morgan fingerprint density at radius 1 is 1.30 bits per heavy atom. The summed E-state index contributed by atoms with van der Waals surface area (Å²) in [5.74, 6) is 1.27. The zero-order valence-corrected chi connectivity index (χ0v) is 12.1. The molecule has 0 saturated carbocycles. The van der Waals surface area contributed by atoms with E-state index >= 15 is 0 Å². The normalized spacial score (nSPS) is 14.9. The molecular weight excluding hydrogens is 324 g/mol. The van der Waals surface area contributed by atoms with Gasteiger partial charge in [-0.25, -0.2) is 0 Å². The van der Waals surface area contributed by atoms with Crippen molar-refractivity contribution in [3.05, 3.63) is 46.2 Å². The van der Waals surface area contributed by atoms with Gasteiger partial charge < -0.3 is 20.3 Å². The van der Waals surface area contributed by atoms with E-state index in [1.54, 1.807) is 30.6 Å². The smallest absolute Gasteiger partial charge is 0.175 e. The van der Waals surface area contributed by atoms with Crippen molar-refractivity contribution in [1.29, 1.82) is 0 Å². The van der Waals surface area contributed by atoms with Gasteiger partial charge in [0.25, 0.3) is 0 Å². The molecule has 6 heteroatoms. The van der Waals surface area contributed by atoms with Crippen molar-refractivity contribution in [1.82, 2.24) is 4.98 Å². The predicted molar refractivity (Wildman–Crippen MR) is 77.8 cm³/mol. The predicted octanol–water partition coefficient (Wildman–Crippen LogP) is 2.28. The highest BCUT2D eigenvalue weighted by Crippen LogP contribution is 2.41. The number of aliphatic hydroxyl groups is 1. The van der Waals surface area contributed by atoms with Crippen LogP contribution in [0.25, 0.3) is 0 Å². The monoisotopic (exact) mass is 336 g/mol. The van der Waals surface area contributed by atoms with Crippen LogP contribution < -0.4 is 15.2 Å². The Hall–Kier alpha value is -1.79. The molecule has 1 aliphatic heterocycles. The second kappa shape index (κ2) is 5.30. The summed E-state index contributed by atoms with van der Waals surface area (Å²) in [6, 6.07) is 5.21. The molecule has 5 nitrogen and oxygen atoms in total. The molecule has 1 unspecified atom stereocenters. The molecule has 3 N–H and O–H groups in total. The molecule has 0 aliphatic carbocycles. The third-order valence-electron chi connectivity index (χ3n) is 3.12. The number of hydrogen-bond acceptors (Lipinski definition) is 5. The summed E-state index contributed by atoms with van der Waals surface area (Å²) in [7, 11) is 0. The van der Waals surface area contributed by atoms with E-state index in [4.69, 9.17) is 15.2 Å². The summed E-state index contributed by atoms with van der Waals surface area (Å²) in [5.41, 5.74) is 7.60. The van der Waals surface area contributed by atoms with Crippen LogP contribution in [0.3, 0.4) is 0 Å². The average Bonchev–Trinajstić information content (AvgIpc) is 2.47. The third-order valence-corrected chi connectivity index (χ3v) is 3.71. The Balaban J connectivity index is 2.02. The summed E-state index contributed by atoms with van der Waals surface area (Å²) in [4.78, 5) is 3.99. The SMILES string of the molecule is Nc1ccncc1C(O)c1cc(Br)c2c(c1)OCCO2. The molecule has 0 spiro atoms. The van der Waals surface area contributed by atoms with E-state index in [0.29, 0.717) is 41.5 Å². The molecule has 1 aromatic carbocycles. The fourth-order valence-electron chi connectivity index (χ4n) is 2.11. The number of hydrogen-bond donors (Lipinski definition) is 2. The standard InChI is InChI=1S/C14H13BrN2O3/c15-10-5-8(6-12-14(10)20-4-3-19-12)13(18)9-7-17-2-1-11(9)16/h1-2,5-7,13,18H,3-4H2,(H2,16,17). The van der Waals surface area contributed by atoms with Gasteiger partial charge in [0, 0.05) is 23.6 Å². The van der Waals surface area contributed by atoms with Gasteiger partial charge in [-0.3, -0.25) is 4.98 Å². The number of benzene rings is 1. The van der Waals surface area contributed by atoms with E-state index in [2.05, 4.69) is 20.9 Å². The van der Waals surface area contributed by atoms with E-state index in [0.717, 1.165) is 4.47 Å².